The molecule has 0 aliphatic rings. The minimum atomic E-state index is -0.629. The lowest BCUT2D eigenvalue weighted by molar-refractivity contribution is 0.249. The predicted molar refractivity (Wildman–Crippen MR) is 59.1 cm³/mol. The topological polar surface area (TPSA) is 67.5 Å². The van der Waals surface area contributed by atoms with Crippen molar-refractivity contribution in [3.05, 3.63) is 0 Å². The summed E-state index contributed by atoms with van der Waals surface area (Å²) in [5.74, 6) is 0. The van der Waals surface area contributed by atoms with E-state index in [0.717, 1.165) is 5.71 Å². The first-order valence-corrected chi connectivity index (χ1v) is 4.69. The Hall–Kier alpha value is -1.06. The molecule has 0 saturated heterocycles. The van der Waals surface area contributed by atoms with Crippen molar-refractivity contribution in [2.24, 2.45) is 21.7 Å². The van der Waals surface area contributed by atoms with E-state index in [1.54, 1.807) is 0 Å². The van der Waals surface area contributed by atoms with Crippen LogP contribution in [0.5, 0.6) is 0 Å². The highest BCUT2D eigenvalue weighted by Crippen LogP contribution is 2.29. The van der Waals surface area contributed by atoms with Crippen molar-refractivity contribution in [3.63, 3.8) is 0 Å². The van der Waals surface area contributed by atoms with Crippen molar-refractivity contribution in [1.29, 1.82) is 0 Å². The molecule has 14 heavy (non-hydrogen) atoms. The molecule has 0 saturated carbocycles. The van der Waals surface area contributed by atoms with Gasteiger partial charge in [-0.15, -0.1) is 0 Å². The Bertz CT molecular complexity index is 227. The SMILES string of the molecule is CC(C)(C)C(=NNC(N)=O)C(C)(C)C. The Morgan fingerprint density at radius 2 is 1.43 bits per heavy atom. The molecule has 0 rings (SSSR count). The third kappa shape index (κ3) is 4.25. The fourth-order valence-electron chi connectivity index (χ4n) is 1.57. The van der Waals surface area contributed by atoms with E-state index in [9.17, 15) is 4.79 Å². The molecule has 82 valence electrons. The molecular formula is C10H21N3O. The molecule has 0 aromatic carbocycles. The van der Waals surface area contributed by atoms with Gasteiger partial charge in [-0.05, 0) is 0 Å². The fourth-order valence-corrected chi connectivity index (χ4v) is 1.57. The van der Waals surface area contributed by atoms with E-state index in [1.165, 1.54) is 0 Å². The molecule has 2 amide bonds. The minimum Gasteiger partial charge on any atom is -0.350 e. The Morgan fingerprint density at radius 3 is 1.64 bits per heavy atom. The average Bonchev–Trinajstić information content (AvgIpc) is 1.78. The number of carbonyl (C=O) groups excluding carboxylic acids is 1. The summed E-state index contributed by atoms with van der Waals surface area (Å²) in [5, 5.41) is 4.06. The molecule has 0 spiro atoms. The van der Waals surface area contributed by atoms with Crippen molar-refractivity contribution in [2.45, 2.75) is 41.5 Å². The number of rotatable bonds is 1. The summed E-state index contributed by atoms with van der Waals surface area (Å²) in [6.07, 6.45) is 0. The van der Waals surface area contributed by atoms with Gasteiger partial charge in [-0.3, -0.25) is 0 Å². The summed E-state index contributed by atoms with van der Waals surface area (Å²) in [5.41, 5.74) is 8.01. The van der Waals surface area contributed by atoms with E-state index < -0.39 is 6.03 Å². The van der Waals surface area contributed by atoms with Crippen molar-refractivity contribution in [1.82, 2.24) is 5.43 Å². The predicted octanol–water partition coefficient (Wildman–Crippen LogP) is 2.10. The normalized spacial score (nSPS) is 12.1. The first-order chi connectivity index (χ1) is 6.05. The first-order valence-electron chi connectivity index (χ1n) is 4.69. The van der Waals surface area contributed by atoms with E-state index >= 15 is 0 Å². The Kier molecular flexibility index (Phi) is 3.68. The molecule has 3 N–H and O–H groups in total. The quantitative estimate of drug-likeness (QED) is 0.493. The number of hydrazone groups is 1. The molecule has 0 atom stereocenters. The van der Waals surface area contributed by atoms with Gasteiger partial charge < -0.3 is 5.73 Å². The van der Waals surface area contributed by atoms with Crippen LogP contribution >= 0.6 is 0 Å². The molecule has 0 unspecified atom stereocenters. The summed E-state index contributed by atoms with van der Waals surface area (Å²) >= 11 is 0. The zero-order chi connectivity index (χ0) is 11.6. The first kappa shape index (κ1) is 12.9. The highest BCUT2D eigenvalue weighted by Gasteiger charge is 2.30. The Morgan fingerprint density at radius 1 is 1.07 bits per heavy atom. The monoisotopic (exact) mass is 199 g/mol. The maximum atomic E-state index is 10.6. The van der Waals surface area contributed by atoms with Gasteiger partial charge in [-0.2, -0.15) is 5.10 Å². The lowest BCUT2D eigenvalue weighted by Crippen LogP contribution is -2.37. The third-order valence-electron chi connectivity index (χ3n) is 1.70. The molecule has 0 aliphatic heterocycles. The second-order valence-electron chi connectivity index (χ2n) is 5.44. The second kappa shape index (κ2) is 3.98. The highest BCUT2D eigenvalue weighted by atomic mass is 16.2. The number of urea groups is 1. The van der Waals surface area contributed by atoms with Crippen molar-refractivity contribution in [2.75, 3.05) is 0 Å². The molecule has 0 fully saturated rings. The smallest absolute Gasteiger partial charge is 0.332 e. The molecule has 0 bridgehead atoms. The molecule has 0 aliphatic carbocycles. The van der Waals surface area contributed by atoms with Crippen LogP contribution in [0.1, 0.15) is 41.5 Å². The number of amides is 2. The van der Waals surface area contributed by atoms with Crippen molar-refractivity contribution < 1.29 is 4.79 Å². The van der Waals surface area contributed by atoms with E-state index in [0.29, 0.717) is 0 Å². The Balaban J connectivity index is 4.93. The van der Waals surface area contributed by atoms with Gasteiger partial charge in [-0.1, -0.05) is 41.5 Å². The van der Waals surface area contributed by atoms with Crippen LogP contribution in [-0.4, -0.2) is 11.7 Å². The van der Waals surface area contributed by atoms with Gasteiger partial charge in [0.05, 0.1) is 0 Å². The third-order valence-corrected chi connectivity index (χ3v) is 1.70. The van der Waals surface area contributed by atoms with Crippen molar-refractivity contribution in [3.8, 4) is 0 Å². The van der Waals surface area contributed by atoms with Gasteiger partial charge in [-0.25, -0.2) is 10.2 Å². The van der Waals surface area contributed by atoms with Gasteiger partial charge in [0.25, 0.3) is 0 Å². The van der Waals surface area contributed by atoms with E-state index in [1.807, 2.05) is 0 Å². The van der Waals surface area contributed by atoms with E-state index in [4.69, 9.17) is 5.73 Å². The Labute approximate surface area is 85.9 Å². The molecule has 4 nitrogen and oxygen atoms in total. The van der Waals surface area contributed by atoms with Gasteiger partial charge in [0.15, 0.2) is 0 Å². The second-order valence-corrected chi connectivity index (χ2v) is 5.44. The molecule has 0 aromatic heterocycles. The van der Waals surface area contributed by atoms with Crippen LogP contribution in [0.4, 0.5) is 4.79 Å². The summed E-state index contributed by atoms with van der Waals surface area (Å²) in [6.45, 7) is 12.3. The number of nitrogens with zero attached hydrogens (tertiary/aromatic N) is 1. The van der Waals surface area contributed by atoms with Crippen molar-refractivity contribution >= 4 is 11.7 Å². The van der Waals surface area contributed by atoms with E-state index in [-0.39, 0.29) is 10.8 Å². The van der Waals surface area contributed by atoms with Crippen LogP contribution in [0, 0.1) is 10.8 Å². The number of hydrogen-bond acceptors (Lipinski definition) is 2. The van der Waals surface area contributed by atoms with Crippen LogP contribution in [0.3, 0.4) is 0 Å². The van der Waals surface area contributed by atoms with Gasteiger partial charge in [0.1, 0.15) is 0 Å². The summed E-state index contributed by atoms with van der Waals surface area (Å²) in [4.78, 5) is 10.6. The van der Waals surface area contributed by atoms with Crippen LogP contribution in [-0.2, 0) is 0 Å². The average molecular weight is 199 g/mol. The molecule has 4 heteroatoms. The van der Waals surface area contributed by atoms with Gasteiger partial charge in [0.2, 0.25) is 0 Å². The highest BCUT2D eigenvalue weighted by molar-refractivity contribution is 5.94. The fraction of sp³-hybridized carbons (Fsp3) is 0.800. The molecule has 0 heterocycles. The lowest BCUT2D eigenvalue weighted by atomic mass is 9.75. The van der Waals surface area contributed by atoms with Crippen LogP contribution < -0.4 is 11.2 Å². The summed E-state index contributed by atoms with van der Waals surface area (Å²) in [6, 6.07) is -0.629. The number of primary amides is 1. The molecule has 0 aromatic rings. The molecular weight excluding hydrogens is 178 g/mol. The lowest BCUT2D eigenvalue weighted by Gasteiger charge is -2.31. The standard InChI is InChI=1S/C10H21N3O/c1-9(2,3)7(10(4,5)6)12-13-8(11)14/h1-6H3,(H3,11,13,14). The molecule has 0 radical (unpaired) electrons. The van der Waals surface area contributed by atoms with Gasteiger partial charge in [0, 0.05) is 16.5 Å². The number of nitrogens with two attached hydrogens (primary N) is 1. The van der Waals surface area contributed by atoms with Crippen LogP contribution in [0.2, 0.25) is 0 Å². The zero-order valence-electron chi connectivity index (χ0n) is 9.93. The number of carbonyl (C=O) groups is 1. The summed E-state index contributed by atoms with van der Waals surface area (Å²) < 4.78 is 0. The number of hydrogen-bond donors (Lipinski definition) is 2. The number of nitrogens with one attached hydrogen (secondary N) is 1. The van der Waals surface area contributed by atoms with Crippen LogP contribution in [0.15, 0.2) is 5.10 Å². The largest absolute Gasteiger partial charge is 0.350 e. The maximum absolute atomic E-state index is 10.6. The maximum Gasteiger partial charge on any atom is 0.332 e. The zero-order valence-corrected chi connectivity index (χ0v) is 9.93. The van der Waals surface area contributed by atoms with Gasteiger partial charge >= 0.3 is 6.03 Å². The van der Waals surface area contributed by atoms with E-state index in [2.05, 4.69) is 52.1 Å². The van der Waals surface area contributed by atoms with Crippen LogP contribution in [0.25, 0.3) is 0 Å². The minimum absolute atomic E-state index is 0.0826. The summed E-state index contributed by atoms with van der Waals surface area (Å²) in [7, 11) is 0.